The average Bonchev–Trinajstić information content (AvgIpc) is 3.39. The minimum Gasteiger partial charge on any atom is -0.424 e. The Hall–Kier alpha value is -4.05. The molecule has 0 radical (unpaired) electrons. The van der Waals surface area contributed by atoms with E-state index in [0.29, 0.717) is 29.4 Å². The molecule has 36 heavy (non-hydrogen) atoms. The minimum absolute atomic E-state index is 0.0870. The molecule has 2 aromatic carbocycles. The summed E-state index contributed by atoms with van der Waals surface area (Å²) in [6.07, 6.45) is 0.860. The van der Waals surface area contributed by atoms with E-state index in [1.807, 2.05) is 54.1 Å². The molecule has 0 aliphatic carbocycles. The number of aromatic nitrogens is 6. The van der Waals surface area contributed by atoms with Crippen molar-refractivity contribution in [3.8, 4) is 11.8 Å². The van der Waals surface area contributed by atoms with Gasteiger partial charge in [-0.05, 0) is 41.5 Å². The lowest BCUT2D eigenvalue weighted by Gasteiger charge is -2.08. The fourth-order valence-electron chi connectivity index (χ4n) is 3.86. The second kappa shape index (κ2) is 9.90. The van der Waals surface area contributed by atoms with E-state index in [9.17, 15) is 8.78 Å². The minimum atomic E-state index is -2.55. The maximum atomic E-state index is 13.1. The van der Waals surface area contributed by atoms with Gasteiger partial charge in [0.1, 0.15) is 11.4 Å². The summed E-state index contributed by atoms with van der Waals surface area (Å²) in [4.78, 5) is 12.7. The number of nitrogens with zero attached hydrogens (tertiary/aromatic N) is 6. The Morgan fingerprint density at radius 2 is 1.72 bits per heavy atom. The molecule has 5 rings (SSSR count). The molecule has 11 heteroatoms. The lowest BCUT2D eigenvalue weighted by molar-refractivity contribution is 0.141. The van der Waals surface area contributed by atoms with Crippen LogP contribution >= 0.6 is 11.6 Å². The van der Waals surface area contributed by atoms with Gasteiger partial charge in [0.15, 0.2) is 0 Å². The first-order chi connectivity index (χ1) is 17.4. The number of benzene rings is 2. The smallest absolute Gasteiger partial charge is 0.321 e. The third-order valence-corrected chi connectivity index (χ3v) is 5.90. The number of ether oxygens (including phenoxy) is 1. The number of nitrogens with one attached hydrogen (secondary N) is 1. The number of hydrogen-bond acceptors (Lipinski definition) is 6. The van der Waals surface area contributed by atoms with Gasteiger partial charge in [-0.25, -0.2) is 23.7 Å². The van der Waals surface area contributed by atoms with Crippen LogP contribution < -0.4 is 10.1 Å². The summed E-state index contributed by atoms with van der Waals surface area (Å²) in [5.41, 5.74) is 4.29. The number of imidazole rings is 1. The van der Waals surface area contributed by atoms with Crippen LogP contribution in [-0.2, 0) is 27.1 Å². The number of halogens is 3. The van der Waals surface area contributed by atoms with Crippen molar-refractivity contribution in [3.63, 3.8) is 0 Å². The number of alkyl halides is 2. The zero-order valence-electron chi connectivity index (χ0n) is 19.5. The van der Waals surface area contributed by atoms with E-state index in [4.69, 9.17) is 16.3 Å². The van der Waals surface area contributed by atoms with Gasteiger partial charge in [0.25, 0.3) is 6.43 Å². The predicted octanol–water partition coefficient (Wildman–Crippen LogP) is 5.68. The number of anilines is 1. The van der Waals surface area contributed by atoms with Crippen LogP contribution in [0, 0.1) is 0 Å². The number of fused-ring (bicyclic) bond motifs is 1. The Labute approximate surface area is 210 Å². The molecule has 0 atom stereocenters. The van der Waals surface area contributed by atoms with Crippen molar-refractivity contribution in [2.24, 2.45) is 14.1 Å². The first kappa shape index (κ1) is 23.7. The SMILES string of the molecule is Cn1nc(Cc2ccc3nc(NCc4ccc(Oc5ncc(Cl)cn5)cc4)n(C)c3c2)cc1C(F)F. The average molecular weight is 510 g/mol. The summed E-state index contributed by atoms with van der Waals surface area (Å²) < 4.78 is 35.0. The topological polar surface area (TPSA) is 82.7 Å². The van der Waals surface area contributed by atoms with Gasteiger partial charge in [-0.2, -0.15) is 5.10 Å². The summed E-state index contributed by atoms with van der Waals surface area (Å²) in [6.45, 7) is 0.562. The van der Waals surface area contributed by atoms with Crippen molar-refractivity contribution >= 4 is 28.6 Å². The zero-order valence-corrected chi connectivity index (χ0v) is 20.2. The summed E-state index contributed by atoms with van der Waals surface area (Å²) in [5.74, 6) is 1.33. The van der Waals surface area contributed by atoms with Gasteiger partial charge in [-0.15, -0.1) is 0 Å². The first-order valence-corrected chi connectivity index (χ1v) is 11.5. The van der Waals surface area contributed by atoms with Crippen molar-refractivity contribution < 1.29 is 13.5 Å². The van der Waals surface area contributed by atoms with Gasteiger partial charge in [0, 0.05) is 27.1 Å². The van der Waals surface area contributed by atoms with E-state index in [1.54, 1.807) is 0 Å². The molecule has 0 fully saturated rings. The molecule has 0 spiro atoms. The van der Waals surface area contributed by atoms with Crippen LogP contribution in [0.1, 0.15) is 28.9 Å². The molecule has 0 unspecified atom stereocenters. The molecule has 0 saturated carbocycles. The lowest BCUT2D eigenvalue weighted by Crippen LogP contribution is -2.05. The molecule has 0 aliphatic heterocycles. The van der Waals surface area contributed by atoms with Crippen molar-refractivity contribution in [2.45, 2.75) is 19.4 Å². The van der Waals surface area contributed by atoms with Gasteiger partial charge < -0.3 is 14.6 Å². The second-order valence-corrected chi connectivity index (χ2v) is 8.70. The third-order valence-electron chi connectivity index (χ3n) is 5.70. The molecule has 1 N–H and O–H groups in total. The first-order valence-electron chi connectivity index (χ1n) is 11.1. The molecule has 0 saturated heterocycles. The largest absolute Gasteiger partial charge is 0.424 e. The Morgan fingerprint density at radius 3 is 2.42 bits per heavy atom. The molecular weight excluding hydrogens is 488 g/mol. The molecule has 0 aliphatic rings. The van der Waals surface area contributed by atoms with Crippen LogP contribution in [0.15, 0.2) is 60.9 Å². The Kier molecular flexibility index (Phi) is 6.51. The molecule has 3 heterocycles. The molecule has 0 bridgehead atoms. The predicted molar refractivity (Wildman–Crippen MR) is 133 cm³/mol. The van der Waals surface area contributed by atoms with Crippen LogP contribution in [0.2, 0.25) is 5.02 Å². The van der Waals surface area contributed by atoms with Crippen LogP contribution in [0.5, 0.6) is 11.8 Å². The molecule has 184 valence electrons. The van der Waals surface area contributed by atoms with E-state index >= 15 is 0 Å². The van der Waals surface area contributed by atoms with Gasteiger partial charge in [-0.1, -0.05) is 29.8 Å². The van der Waals surface area contributed by atoms with Crippen LogP contribution in [0.4, 0.5) is 14.7 Å². The van der Waals surface area contributed by atoms with Crippen molar-refractivity contribution in [1.82, 2.24) is 29.3 Å². The van der Waals surface area contributed by atoms with Crippen molar-refractivity contribution in [3.05, 3.63) is 88.5 Å². The van der Waals surface area contributed by atoms with Crippen molar-refractivity contribution in [2.75, 3.05) is 5.32 Å². The highest BCUT2D eigenvalue weighted by Crippen LogP contribution is 2.24. The molecule has 8 nitrogen and oxygen atoms in total. The zero-order chi connectivity index (χ0) is 25.2. The maximum absolute atomic E-state index is 13.1. The van der Waals surface area contributed by atoms with Gasteiger partial charge in [0.05, 0.1) is 34.1 Å². The fourth-order valence-corrected chi connectivity index (χ4v) is 3.96. The van der Waals surface area contributed by atoms with E-state index in [-0.39, 0.29) is 11.7 Å². The highest BCUT2D eigenvalue weighted by atomic mass is 35.5. The van der Waals surface area contributed by atoms with Gasteiger partial charge >= 0.3 is 6.01 Å². The van der Waals surface area contributed by atoms with E-state index in [2.05, 4.69) is 25.4 Å². The van der Waals surface area contributed by atoms with Crippen molar-refractivity contribution in [1.29, 1.82) is 0 Å². The summed E-state index contributed by atoms with van der Waals surface area (Å²) in [7, 11) is 3.46. The Balaban J connectivity index is 1.25. The second-order valence-electron chi connectivity index (χ2n) is 8.26. The number of aryl methyl sites for hydroxylation is 2. The third kappa shape index (κ3) is 5.13. The quantitative estimate of drug-likeness (QED) is 0.289. The fraction of sp³-hybridized carbons (Fsp3) is 0.200. The summed E-state index contributed by atoms with van der Waals surface area (Å²) in [5, 5.41) is 8.01. The van der Waals surface area contributed by atoms with E-state index in [0.717, 1.165) is 28.1 Å². The number of hydrogen-bond donors (Lipinski definition) is 1. The Bertz CT molecular complexity index is 1500. The monoisotopic (exact) mass is 509 g/mol. The van der Waals surface area contributed by atoms with Crippen LogP contribution in [-0.4, -0.2) is 29.3 Å². The molecular formula is C25H22ClF2N7O. The Morgan fingerprint density at radius 1 is 1.00 bits per heavy atom. The normalized spacial score (nSPS) is 11.4. The van der Waals surface area contributed by atoms with E-state index < -0.39 is 6.43 Å². The van der Waals surface area contributed by atoms with Gasteiger partial charge in [0.2, 0.25) is 5.95 Å². The number of rotatable bonds is 8. The summed E-state index contributed by atoms with van der Waals surface area (Å²) in [6, 6.07) is 15.1. The standard InChI is InChI=1S/C25H22ClF2N7O/c1-34-21-10-16(9-18-11-22(23(27)28)35(2)33-18)5-8-20(21)32-24(34)29-12-15-3-6-19(7-4-15)36-25-30-13-17(26)14-31-25/h3-8,10-11,13-14,23H,9,12H2,1-2H3,(H,29,32). The van der Waals surface area contributed by atoms with Gasteiger partial charge in [-0.3, -0.25) is 4.68 Å². The highest BCUT2D eigenvalue weighted by molar-refractivity contribution is 6.30. The summed E-state index contributed by atoms with van der Waals surface area (Å²) >= 11 is 5.79. The molecule has 0 amide bonds. The van der Waals surface area contributed by atoms with Crippen LogP contribution in [0.3, 0.4) is 0 Å². The molecule has 5 aromatic rings. The molecule has 3 aromatic heterocycles. The highest BCUT2D eigenvalue weighted by Gasteiger charge is 2.15. The van der Waals surface area contributed by atoms with E-state index in [1.165, 1.54) is 30.2 Å². The maximum Gasteiger partial charge on any atom is 0.321 e. The van der Waals surface area contributed by atoms with Crippen LogP contribution in [0.25, 0.3) is 11.0 Å². The lowest BCUT2D eigenvalue weighted by atomic mass is 10.1.